The Morgan fingerprint density at radius 2 is 2.00 bits per heavy atom. The van der Waals surface area contributed by atoms with Crippen molar-refractivity contribution in [1.82, 2.24) is 4.90 Å². The molecule has 130 valence electrons. The third-order valence-electron chi connectivity index (χ3n) is 7.97. The number of benzene rings is 1. The molecule has 0 bridgehead atoms. The topological polar surface area (TPSA) is 46.9 Å². The van der Waals surface area contributed by atoms with Crippen molar-refractivity contribution in [2.75, 3.05) is 25.0 Å². The second-order valence-electron chi connectivity index (χ2n) is 8.47. The summed E-state index contributed by atoms with van der Waals surface area (Å²) in [5.41, 5.74) is 2.78. The van der Waals surface area contributed by atoms with Gasteiger partial charge in [-0.15, -0.1) is 0 Å². The molecular weight excluding hydrogens is 300 g/mol. The zero-order chi connectivity index (χ0) is 16.7. The van der Waals surface area contributed by atoms with E-state index in [0.717, 1.165) is 32.2 Å². The van der Waals surface area contributed by atoms with Crippen LogP contribution in [-0.4, -0.2) is 59.5 Å². The van der Waals surface area contributed by atoms with Gasteiger partial charge in [-0.3, -0.25) is 4.90 Å². The van der Waals surface area contributed by atoms with Gasteiger partial charge in [0.05, 0.1) is 12.2 Å². The maximum Gasteiger partial charge on any atom is 0.0931 e. The van der Waals surface area contributed by atoms with Gasteiger partial charge in [0, 0.05) is 42.2 Å². The lowest BCUT2D eigenvalue weighted by atomic mass is 9.51. The summed E-state index contributed by atoms with van der Waals surface area (Å²) in [5.74, 6) is 0. The molecule has 1 aromatic carbocycles. The van der Waals surface area contributed by atoms with E-state index in [0.29, 0.717) is 18.6 Å². The third-order valence-corrected chi connectivity index (χ3v) is 7.97. The normalized spacial score (nSPS) is 46.6. The fourth-order valence-electron chi connectivity index (χ4n) is 7.10. The molecule has 0 aromatic heterocycles. The van der Waals surface area contributed by atoms with E-state index >= 15 is 0 Å². The van der Waals surface area contributed by atoms with Crippen molar-refractivity contribution < 1.29 is 10.2 Å². The van der Waals surface area contributed by atoms with E-state index in [1.807, 2.05) is 0 Å². The smallest absolute Gasteiger partial charge is 0.0931 e. The summed E-state index contributed by atoms with van der Waals surface area (Å²) in [4.78, 5) is 5.00. The molecule has 5 rings (SSSR count). The molecule has 4 nitrogen and oxygen atoms in total. The molecule has 3 fully saturated rings. The molecule has 0 amide bonds. The molecule has 1 aliphatic carbocycles. The molecule has 1 spiro atoms. The lowest BCUT2D eigenvalue weighted by Gasteiger charge is -2.61. The molecule has 24 heavy (non-hydrogen) atoms. The molecule has 0 radical (unpaired) electrons. The van der Waals surface area contributed by atoms with Crippen molar-refractivity contribution in [3.05, 3.63) is 29.8 Å². The van der Waals surface area contributed by atoms with E-state index in [1.54, 1.807) is 0 Å². The molecule has 4 aliphatic rings. The van der Waals surface area contributed by atoms with Gasteiger partial charge in [0.2, 0.25) is 0 Å². The van der Waals surface area contributed by atoms with Crippen LogP contribution in [0.25, 0.3) is 0 Å². The Hall–Kier alpha value is -1.10. The van der Waals surface area contributed by atoms with E-state index < -0.39 is 12.2 Å². The van der Waals surface area contributed by atoms with Gasteiger partial charge in [0.25, 0.3) is 0 Å². The Bertz CT molecular complexity index is 679. The summed E-state index contributed by atoms with van der Waals surface area (Å²) < 4.78 is 0. The Morgan fingerprint density at radius 3 is 2.79 bits per heavy atom. The van der Waals surface area contributed by atoms with Gasteiger partial charge in [-0.25, -0.2) is 0 Å². The van der Waals surface area contributed by atoms with Gasteiger partial charge in [-0.1, -0.05) is 25.1 Å². The number of rotatable bonds is 1. The Labute approximate surface area is 144 Å². The SMILES string of the molecule is CC[C@@]12CC[C@@H]3N(C)c4ccccc4[C@@]34CCN(C[C@H](O)[C@H]1O)[C@@H]24. The van der Waals surface area contributed by atoms with E-state index in [1.165, 1.54) is 11.3 Å². The molecule has 3 aliphatic heterocycles. The number of aliphatic hydroxyl groups excluding tert-OH is 2. The number of anilines is 1. The van der Waals surface area contributed by atoms with Crippen LogP contribution in [0, 0.1) is 5.41 Å². The fraction of sp³-hybridized carbons (Fsp3) is 0.700. The van der Waals surface area contributed by atoms with E-state index in [9.17, 15) is 10.2 Å². The van der Waals surface area contributed by atoms with Crippen molar-refractivity contribution >= 4 is 5.69 Å². The van der Waals surface area contributed by atoms with Crippen LogP contribution in [0.5, 0.6) is 0 Å². The van der Waals surface area contributed by atoms with Crippen molar-refractivity contribution in [2.24, 2.45) is 5.41 Å². The highest BCUT2D eigenvalue weighted by molar-refractivity contribution is 5.66. The maximum absolute atomic E-state index is 11.0. The van der Waals surface area contributed by atoms with Gasteiger partial charge < -0.3 is 15.1 Å². The lowest BCUT2D eigenvalue weighted by molar-refractivity contribution is -0.171. The van der Waals surface area contributed by atoms with Crippen LogP contribution in [0.4, 0.5) is 5.69 Å². The first-order valence-electron chi connectivity index (χ1n) is 9.49. The minimum Gasteiger partial charge on any atom is -0.390 e. The molecule has 0 unspecified atom stereocenters. The summed E-state index contributed by atoms with van der Waals surface area (Å²) in [6.07, 6.45) is 2.98. The second-order valence-corrected chi connectivity index (χ2v) is 8.47. The quantitative estimate of drug-likeness (QED) is 0.824. The Kier molecular flexibility index (Phi) is 3.00. The molecule has 4 heteroatoms. The molecule has 3 heterocycles. The highest BCUT2D eigenvalue weighted by atomic mass is 16.3. The van der Waals surface area contributed by atoms with Crippen LogP contribution < -0.4 is 4.90 Å². The first kappa shape index (κ1) is 15.2. The number of likely N-dealkylation sites (N-methyl/N-ethyl adjacent to an activating group) is 1. The van der Waals surface area contributed by atoms with Crippen LogP contribution in [-0.2, 0) is 5.41 Å². The van der Waals surface area contributed by atoms with Crippen molar-refractivity contribution in [1.29, 1.82) is 0 Å². The number of fused-ring (bicyclic) bond motifs is 1. The van der Waals surface area contributed by atoms with E-state index in [4.69, 9.17) is 0 Å². The predicted molar refractivity (Wildman–Crippen MR) is 94.3 cm³/mol. The summed E-state index contributed by atoms with van der Waals surface area (Å²) >= 11 is 0. The zero-order valence-corrected chi connectivity index (χ0v) is 14.7. The Balaban J connectivity index is 1.74. The lowest BCUT2D eigenvalue weighted by Crippen LogP contribution is -2.71. The van der Waals surface area contributed by atoms with Crippen molar-refractivity contribution in [3.8, 4) is 0 Å². The minimum absolute atomic E-state index is 0.112. The van der Waals surface area contributed by atoms with Gasteiger partial charge in [0.1, 0.15) is 0 Å². The van der Waals surface area contributed by atoms with Gasteiger partial charge in [-0.2, -0.15) is 0 Å². The number of aliphatic hydroxyl groups is 2. The van der Waals surface area contributed by atoms with Gasteiger partial charge >= 0.3 is 0 Å². The minimum atomic E-state index is -0.609. The highest BCUT2D eigenvalue weighted by Gasteiger charge is 2.70. The highest BCUT2D eigenvalue weighted by Crippen LogP contribution is 2.65. The van der Waals surface area contributed by atoms with Crippen LogP contribution >= 0.6 is 0 Å². The van der Waals surface area contributed by atoms with Crippen molar-refractivity contribution in [3.63, 3.8) is 0 Å². The van der Waals surface area contributed by atoms with Crippen LogP contribution in [0.2, 0.25) is 0 Å². The number of nitrogens with zero attached hydrogens (tertiary/aromatic N) is 2. The molecule has 2 N–H and O–H groups in total. The monoisotopic (exact) mass is 328 g/mol. The summed E-state index contributed by atoms with van der Waals surface area (Å²) in [5, 5.41) is 21.5. The number of piperidine rings is 1. The fourth-order valence-corrected chi connectivity index (χ4v) is 7.10. The first-order chi connectivity index (χ1) is 11.6. The van der Waals surface area contributed by atoms with E-state index in [-0.39, 0.29) is 10.8 Å². The summed E-state index contributed by atoms with van der Waals surface area (Å²) in [6.45, 7) is 3.86. The van der Waals surface area contributed by atoms with Gasteiger partial charge in [0.15, 0.2) is 0 Å². The summed E-state index contributed by atoms with van der Waals surface area (Å²) in [7, 11) is 2.24. The maximum atomic E-state index is 11.0. The molecule has 6 atom stereocenters. The number of para-hydroxylation sites is 1. The molecule has 1 saturated carbocycles. The largest absolute Gasteiger partial charge is 0.390 e. The zero-order valence-electron chi connectivity index (χ0n) is 14.7. The predicted octanol–water partition coefficient (Wildman–Crippen LogP) is 1.74. The standard InChI is InChI=1S/C20H28N2O2/c1-3-19-9-8-16-20(13-6-4-5-7-14(13)21(16)2)10-11-22(18(19)20)12-15(23)17(19)24/h4-7,15-18,23-24H,3,8-12H2,1-2H3/t15-,16-,17+,18-,19+,20-/m0/s1. The Morgan fingerprint density at radius 1 is 1.21 bits per heavy atom. The second kappa shape index (κ2) is 4.75. The average Bonchev–Trinajstić information content (AvgIpc) is 3.10. The van der Waals surface area contributed by atoms with Crippen LogP contribution in [0.3, 0.4) is 0 Å². The number of hydrogen-bond donors (Lipinski definition) is 2. The van der Waals surface area contributed by atoms with Crippen molar-refractivity contribution in [2.45, 2.75) is 62.3 Å². The van der Waals surface area contributed by atoms with Crippen LogP contribution in [0.1, 0.15) is 38.2 Å². The van der Waals surface area contributed by atoms with E-state index in [2.05, 4.69) is 48.0 Å². The third kappa shape index (κ3) is 1.48. The van der Waals surface area contributed by atoms with Gasteiger partial charge in [-0.05, 0) is 43.9 Å². The average molecular weight is 328 g/mol. The molecule has 2 saturated heterocycles. The summed E-state index contributed by atoms with van der Waals surface area (Å²) in [6, 6.07) is 9.75. The first-order valence-corrected chi connectivity index (χ1v) is 9.49. The molecular formula is C20H28N2O2. The number of hydrogen-bond acceptors (Lipinski definition) is 4. The van der Waals surface area contributed by atoms with Crippen LogP contribution in [0.15, 0.2) is 24.3 Å². The molecule has 1 aromatic rings.